The highest BCUT2D eigenvalue weighted by atomic mass is 15.1. The van der Waals surface area contributed by atoms with Crippen LogP contribution in [0.4, 0.5) is 17.1 Å². The van der Waals surface area contributed by atoms with E-state index in [0.717, 1.165) is 17.1 Å². The molecule has 0 amide bonds. The van der Waals surface area contributed by atoms with Crippen LogP contribution in [-0.2, 0) is 0 Å². The molecule has 0 atom stereocenters. The first-order chi connectivity index (χ1) is 24.3. The third-order valence-corrected chi connectivity index (χ3v) is 9.62. The molecule has 0 bridgehead atoms. The van der Waals surface area contributed by atoms with Crippen molar-refractivity contribution >= 4 is 49.4 Å². The van der Waals surface area contributed by atoms with Crippen LogP contribution in [0, 0.1) is 0 Å². The van der Waals surface area contributed by atoms with Gasteiger partial charge in [0, 0.05) is 16.9 Å². The summed E-state index contributed by atoms with van der Waals surface area (Å²) >= 11 is 0. The molecule has 9 aromatic rings. The lowest BCUT2D eigenvalue weighted by atomic mass is 9.93. The zero-order valence-corrected chi connectivity index (χ0v) is 27.0. The minimum Gasteiger partial charge on any atom is -0.310 e. The molecular weight excluding hydrogens is 591 g/mol. The summed E-state index contributed by atoms with van der Waals surface area (Å²) in [6.07, 6.45) is 0. The van der Waals surface area contributed by atoms with Crippen molar-refractivity contribution < 1.29 is 0 Å². The van der Waals surface area contributed by atoms with Gasteiger partial charge in [-0.15, -0.1) is 0 Å². The average Bonchev–Trinajstić information content (AvgIpc) is 3.18. The van der Waals surface area contributed by atoms with Crippen molar-refractivity contribution in [2.24, 2.45) is 0 Å². The Hall–Kier alpha value is -6.44. The Labute approximate surface area is 287 Å². The summed E-state index contributed by atoms with van der Waals surface area (Å²) in [4.78, 5) is 2.40. The minimum atomic E-state index is 1.11. The molecule has 0 saturated carbocycles. The fourth-order valence-corrected chi connectivity index (χ4v) is 7.24. The zero-order chi connectivity index (χ0) is 32.6. The molecule has 0 saturated heterocycles. The molecule has 0 N–H and O–H groups in total. The van der Waals surface area contributed by atoms with E-state index in [2.05, 4.69) is 205 Å². The van der Waals surface area contributed by atoms with Crippen LogP contribution in [0.1, 0.15) is 0 Å². The summed E-state index contributed by atoms with van der Waals surface area (Å²) < 4.78 is 0. The van der Waals surface area contributed by atoms with Gasteiger partial charge in [0.25, 0.3) is 0 Å². The van der Waals surface area contributed by atoms with Crippen LogP contribution in [0.25, 0.3) is 65.7 Å². The van der Waals surface area contributed by atoms with Gasteiger partial charge < -0.3 is 4.90 Å². The number of rotatable bonds is 6. The third-order valence-electron chi connectivity index (χ3n) is 9.62. The Morgan fingerprint density at radius 3 is 1.73 bits per heavy atom. The lowest BCUT2D eigenvalue weighted by Crippen LogP contribution is -2.11. The molecule has 1 heteroatoms. The van der Waals surface area contributed by atoms with E-state index < -0.39 is 0 Å². The van der Waals surface area contributed by atoms with Gasteiger partial charge >= 0.3 is 0 Å². The van der Waals surface area contributed by atoms with Crippen LogP contribution in [0.15, 0.2) is 200 Å². The smallest absolute Gasteiger partial charge is 0.0540 e. The summed E-state index contributed by atoms with van der Waals surface area (Å²) in [5.74, 6) is 0. The lowest BCUT2D eigenvalue weighted by Gasteiger charge is -2.28. The van der Waals surface area contributed by atoms with Gasteiger partial charge in [-0.25, -0.2) is 0 Å². The monoisotopic (exact) mass is 623 g/mol. The molecule has 230 valence electrons. The second-order valence-electron chi connectivity index (χ2n) is 12.6. The van der Waals surface area contributed by atoms with Crippen LogP contribution in [0.5, 0.6) is 0 Å². The molecule has 0 radical (unpaired) electrons. The Bertz CT molecular complexity index is 2600. The first kappa shape index (κ1) is 28.8. The predicted molar refractivity (Wildman–Crippen MR) is 210 cm³/mol. The van der Waals surface area contributed by atoms with E-state index >= 15 is 0 Å². The highest BCUT2D eigenvalue weighted by Gasteiger charge is 2.18. The summed E-state index contributed by atoms with van der Waals surface area (Å²) in [6.45, 7) is 0. The quantitative estimate of drug-likeness (QED) is 0.167. The SMILES string of the molecule is c1ccc(-c2ccccc2N(c2ccc(-c3ccc4ccccc4c3)cc2)c2cccc(-c3cc4ccccc4c4ccccc34)c2)cc1. The van der Waals surface area contributed by atoms with Crippen molar-refractivity contribution in [2.45, 2.75) is 0 Å². The number of hydrogen-bond acceptors (Lipinski definition) is 1. The van der Waals surface area contributed by atoms with Crippen molar-refractivity contribution in [1.29, 1.82) is 0 Å². The summed E-state index contributed by atoms with van der Waals surface area (Å²) in [5.41, 5.74) is 10.6. The maximum atomic E-state index is 2.40. The van der Waals surface area contributed by atoms with Gasteiger partial charge in [0.2, 0.25) is 0 Å². The molecule has 9 aromatic carbocycles. The number of para-hydroxylation sites is 1. The normalized spacial score (nSPS) is 11.3. The number of hydrogen-bond donors (Lipinski definition) is 0. The number of anilines is 3. The Morgan fingerprint density at radius 2 is 0.898 bits per heavy atom. The Kier molecular flexibility index (Phi) is 7.22. The van der Waals surface area contributed by atoms with Crippen LogP contribution in [0.3, 0.4) is 0 Å². The third kappa shape index (κ3) is 5.32. The van der Waals surface area contributed by atoms with Gasteiger partial charge in [0.05, 0.1) is 5.69 Å². The van der Waals surface area contributed by atoms with Gasteiger partial charge in [-0.2, -0.15) is 0 Å². The van der Waals surface area contributed by atoms with E-state index in [0.29, 0.717) is 0 Å². The molecule has 1 nitrogen and oxygen atoms in total. The summed E-state index contributed by atoms with van der Waals surface area (Å²) in [6, 6.07) is 72.5. The maximum absolute atomic E-state index is 2.40. The maximum Gasteiger partial charge on any atom is 0.0540 e. The van der Waals surface area contributed by atoms with Crippen LogP contribution in [-0.4, -0.2) is 0 Å². The molecule has 0 aliphatic rings. The molecular formula is C48H33N. The molecule has 0 fully saturated rings. The molecule has 0 unspecified atom stereocenters. The first-order valence-electron chi connectivity index (χ1n) is 16.8. The fraction of sp³-hybridized carbons (Fsp3) is 0. The van der Waals surface area contributed by atoms with Crippen molar-refractivity contribution in [3.63, 3.8) is 0 Å². The Balaban J connectivity index is 1.21. The van der Waals surface area contributed by atoms with E-state index in [9.17, 15) is 0 Å². The van der Waals surface area contributed by atoms with E-state index in [1.165, 1.54) is 65.7 Å². The summed E-state index contributed by atoms with van der Waals surface area (Å²) in [7, 11) is 0. The first-order valence-corrected chi connectivity index (χ1v) is 16.8. The molecule has 49 heavy (non-hydrogen) atoms. The second kappa shape index (κ2) is 12.3. The predicted octanol–water partition coefficient (Wildman–Crippen LogP) is 13.6. The molecule has 0 heterocycles. The van der Waals surface area contributed by atoms with Crippen LogP contribution < -0.4 is 4.90 Å². The van der Waals surface area contributed by atoms with Gasteiger partial charge in [-0.1, -0.05) is 158 Å². The van der Waals surface area contributed by atoms with Crippen LogP contribution in [0.2, 0.25) is 0 Å². The summed E-state index contributed by atoms with van der Waals surface area (Å²) in [5, 5.41) is 7.57. The van der Waals surface area contributed by atoms with Crippen LogP contribution >= 0.6 is 0 Å². The largest absolute Gasteiger partial charge is 0.310 e. The van der Waals surface area contributed by atoms with E-state index in [1.54, 1.807) is 0 Å². The second-order valence-corrected chi connectivity index (χ2v) is 12.6. The van der Waals surface area contributed by atoms with Crippen molar-refractivity contribution in [2.75, 3.05) is 4.90 Å². The number of fused-ring (bicyclic) bond motifs is 4. The molecule has 9 rings (SSSR count). The van der Waals surface area contributed by atoms with Gasteiger partial charge in [-0.05, 0) is 103 Å². The molecule has 0 aromatic heterocycles. The molecule has 0 aliphatic carbocycles. The van der Waals surface area contributed by atoms with Gasteiger partial charge in [0.15, 0.2) is 0 Å². The molecule has 0 spiro atoms. The van der Waals surface area contributed by atoms with Crippen molar-refractivity contribution in [3.8, 4) is 33.4 Å². The number of benzene rings is 9. The van der Waals surface area contributed by atoms with Gasteiger partial charge in [0.1, 0.15) is 0 Å². The minimum absolute atomic E-state index is 1.11. The number of nitrogens with zero attached hydrogens (tertiary/aromatic N) is 1. The topological polar surface area (TPSA) is 3.24 Å². The molecule has 0 aliphatic heterocycles. The van der Waals surface area contributed by atoms with E-state index in [4.69, 9.17) is 0 Å². The highest BCUT2D eigenvalue weighted by molar-refractivity contribution is 6.14. The van der Waals surface area contributed by atoms with Crippen molar-refractivity contribution in [1.82, 2.24) is 0 Å². The van der Waals surface area contributed by atoms with Crippen molar-refractivity contribution in [3.05, 3.63) is 200 Å². The zero-order valence-electron chi connectivity index (χ0n) is 27.0. The highest BCUT2D eigenvalue weighted by Crippen LogP contribution is 2.43. The Morgan fingerprint density at radius 1 is 0.265 bits per heavy atom. The van der Waals surface area contributed by atoms with E-state index in [1.807, 2.05) is 0 Å². The standard InChI is InChI=1S/C48H33N/c1-2-14-36(15-3-1)44-21-10-11-24-48(44)49(41-29-27-35(28-30-41)38-26-25-34-13-4-5-16-37(34)31-38)42-19-12-18-39(32-42)47-33-40-17-6-7-20-43(40)45-22-8-9-23-46(45)47/h1-33H. The van der Waals surface area contributed by atoms with Gasteiger partial charge in [-0.3, -0.25) is 0 Å². The average molecular weight is 624 g/mol. The van der Waals surface area contributed by atoms with E-state index in [-0.39, 0.29) is 0 Å². The lowest BCUT2D eigenvalue weighted by molar-refractivity contribution is 1.28. The fourth-order valence-electron chi connectivity index (χ4n) is 7.24.